The predicted octanol–water partition coefficient (Wildman–Crippen LogP) is 1.74. The second-order valence-electron chi connectivity index (χ2n) is 3.92. The van der Waals surface area contributed by atoms with Crippen molar-refractivity contribution in [3.05, 3.63) is 59.7 Å². The SMILES string of the molecule is Nc1ccc(C(=O)N/N=C/c2cccc(O)c2)cc1. The molecule has 1 amide bonds. The van der Waals surface area contributed by atoms with E-state index in [-0.39, 0.29) is 11.7 Å². The Hall–Kier alpha value is -2.82. The van der Waals surface area contributed by atoms with Crippen molar-refractivity contribution in [1.82, 2.24) is 5.43 Å². The number of carbonyl (C=O) groups is 1. The van der Waals surface area contributed by atoms with Crippen molar-refractivity contribution in [3.8, 4) is 5.75 Å². The lowest BCUT2D eigenvalue weighted by molar-refractivity contribution is 0.0955. The first-order valence-corrected chi connectivity index (χ1v) is 5.63. The highest BCUT2D eigenvalue weighted by molar-refractivity contribution is 5.95. The molecule has 0 aliphatic carbocycles. The van der Waals surface area contributed by atoms with Crippen LogP contribution in [0.15, 0.2) is 53.6 Å². The van der Waals surface area contributed by atoms with Gasteiger partial charge >= 0.3 is 0 Å². The van der Waals surface area contributed by atoms with Crippen LogP contribution in [0.4, 0.5) is 5.69 Å². The third-order valence-electron chi connectivity index (χ3n) is 2.42. The fourth-order valence-corrected chi connectivity index (χ4v) is 1.47. The zero-order chi connectivity index (χ0) is 13.7. The Morgan fingerprint density at radius 3 is 2.63 bits per heavy atom. The zero-order valence-corrected chi connectivity index (χ0v) is 10.1. The molecule has 0 saturated heterocycles. The van der Waals surface area contributed by atoms with Crippen molar-refractivity contribution in [2.45, 2.75) is 0 Å². The molecule has 4 N–H and O–H groups in total. The molecule has 96 valence electrons. The van der Waals surface area contributed by atoms with Gasteiger partial charge in [0, 0.05) is 11.3 Å². The summed E-state index contributed by atoms with van der Waals surface area (Å²) in [6.07, 6.45) is 1.45. The average Bonchev–Trinajstić information content (AvgIpc) is 2.39. The molecule has 5 heteroatoms. The predicted molar refractivity (Wildman–Crippen MR) is 74.0 cm³/mol. The minimum absolute atomic E-state index is 0.147. The molecular formula is C14H13N3O2. The molecule has 0 atom stereocenters. The van der Waals surface area contributed by atoms with Crippen LogP contribution in [0.2, 0.25) is 0 Å². The summed E-state index contributed by atoms with van der Waals surface area (Å²) in [5.74, 6) is -0.176. The van der Waals surface area contributed by atoms with Gasteiger partial charge < -0.3 is 10.8 Å². The Balaban J connectivity index is 1.98. The number of hydrogen-bond donors (Lipinski definition) is 3. The molecule has 2 aromatic carbocycles. The number of phenolic OH excluding ortho intramolecular Hbond substituents is 1. The normalized spacial score (nSPS) is 10.5. The number of benzene rings is 2. The number of amides is 1. The summed E-state index contributed by atoms with van der Waals surface area (Å²) in [7, 11) is 0. The molecule has 0 heterocycles. The van der Waals surface area contributed by atoms with Gasteiger partial charge in [0.2, 0.25) is 0 Å². The van der Waals surface area contributed by atoms with Crippen LogP contribution in [0, 0.1) is 0 Å². The van der Waals surface area contributed by atoms with E-state index in [9.17, 15) is 9.90 Å². The van der Waals surface area contributed by atoms with Gasteiger partial charge in [0.05, 0.1) is 6.21 Å². The van der Waals surface area contributed by atoms with Crippen molar-refractivity contribution in [1.29, 1.82) is 0 Å². The number of nitrogens with zero attached hydrogens (tertiary/aromatic N) is 1. The van der Waals surface area contributed by atoms with Gasteiger partial charge in [-0.1, -0.05) is 12.1 Å². The van der Waals surface area contributed by atoms with Gasteiger partial charge in [-0.25, -0.2) is 5.43 Å². The topological polar surface area (TPSA) is 87.7 Å². The first-order chi connectivity index (χ1) is 9.15. The molecule has 0 unspecified atom stereocenters. The Morgan fingerprint density at radius 2 is 1.95 bits per heavy atom. The van der Waals surface area contributed by atoms with Gasteiger partial charge in [-0.05, 0) is 42.0 Å². The second-order valence-corrected chi connectivity index (χ2v) is 3.92. The van der Waals surface area contributed by atoms with Crippen LogP contribution in [0.25, 0.3) is 0 Å². The summed E-state index contributed by atoms with van der Waals surface area (Å²) < 4.78 is 0. The first-order valence-electron chi connectivity index (χ1n) is 5.63. The number of hydrazone groups is 1. The fraction of sp³-hybridized carbons (Fsp3) is 0. The van der Waals surface area contributed by atoms with Gasteiger partial charge in [0.25, 0.3) is 5.91 Å². The third kappa shape index (κ3) is 3.57. The number of hydrogen-bond acceptors (Lipinski definition) is 4. The van der Waals surface area contributed by atoms with Crippen LogP contribution < -0.4 is 11.2 Å². The van der Waals surface area contributed by atoms with Gasteiger partial charge in [-0.3, -0.25) is 4.79 Å². The van der Waals surface area contributed by atoms with Gasteiger partial charge in [0.1, 0.15) is 5.75 Å². The number of nitrogens with one attached hydrogen (secondary N) is 1. The van der Waals surface area contributed by atoms with Crippen LogP contribution in [0.5, 0.6) is 5.75 Å². The van der Waals surface area contributed by atoms with Crippen molar-refractivity contribution in [2.24, 2.45) is 5.10 Å². The molecule has 5 nitrogen and oxygen atoms in total. The Kier molecular flexibility index (Phi) is 3.78. The second kappa shape index (κ2) is 5.68. The zero-order valence-electron chi connectivity index (χ0n) is 10.1. The molecule has 0 bridgehead atoms. The molecule has 2 rings (SSSR count). The van der Waals surface area contributed by atoms with Crippen molar-refractivity contribution in [3.63, 3.8) is 0 Å². The smallest absolute Gasteiger partial charge is 0.271 e. The summed E-state index contributed by atoms with van der Waals surface area (Å²) in [4.78, 5) is 11.7. The van der Waals surface area contributed by atoms with Crippen LogP contribution >= 0.6 is 0 Å². The highest BCUT2D eigenvalue weighted by Crippen LogP contribution is 2.08. The highest BCUT2D eigenvalue weighted by Gasteiger charge is 2.02. The number of anilines is 1. The largest absolute Gasteiger partial charge is 0.508 e. The van der Waals surface area contributed by atoms with Gasteiger partial charge in [-0.15, -0.1) is 0 Å². The lowest BCUT2D eigenvalue weighted by Gasteiger charge is -2.00. The molecule has 0 fully saturated rings. The first kappa shape index (κ1) is 12.6. The van der Waals surface area contributed by atoms with Crippen molar-refractivity contribution < 1.29 is 9.90 Å². The maximum absolute atomic E-state index is 11.7. The number of aromatic hydroxyl groups is 1. The summed E-state index contributed by atoms with van der Waals surface area (Å²) in [6.45, 7) is 0. The Morgan fingerprint density at radius 1 is 1.21 bits per heavy atom. The minimum Gasteiger partial charge on any atom is -0.508 e. The molecule has 0 aromatic heterocycles. The number of rotatable bonds is 3. The van der Waals surface area contributed by atoms with E-state index in [4.69, 9.17) is 5.73 Å². The molecule has 0 radical (unpaired) electrons. The molecule has 0 saturated carbocycles. The van der Waals surface area contributed by atoms with E-state index in [0.717, 1.165) is 0 Å². The molecule has 2 aromatic rings. The van der Waals surface area contributed by atoms with E-state index in [1.54, 1.807) is 48.5 Å². The van der Waals surface area contributed by atoms with Crippen molar-refractivity contribution in [2.75, 3.05) is 5.73 Å². The Labute approximate surface area is 110 Å². The molecule has 0 spiro atoms. The third-order valence-corrected chi connectivity index (χ3v) is 2.42. The molecule has 19 heavy (non-hydrogen) atoms. The van der Waals surface area contributed by atoms with Gasteiger partial charge in [0.15, 0.2) is 0 Å². The van der Waals surface area contributed by atoms with Crippen LogP contribution in [0.1, 0.15) is 15.9 Å². The summed E-state index contributed by atoms with van der Waals surface area (Å²) in [6, 6.07) is 13.1. The molecular weight excluding hydrogens is 242 g/mol. The number of nitrogens with two attached hydrogens (primary N) is 1. The van der Waals surface area contributed by atoms with Crippen LogP contribution in [-0.2, 0) is 0 Å². The lowest BCUT2D eigenvalue weighted by Crippen LogP contribution is -2.17. The number of nitrogen functional groups attached to an aromatic ring is 1. The minimum atomic E-state index is -0.323. The molecule has 0 aliphatic heterocycles. The average molecular weight is 255 g/mol. The van der Waals surface area contributed by atoms with E-state index in [1.165, 1.54) is 6.21 Å². The number of phenols is 1. The molecule has 0 aliphatic rings. The monoisotopic (exact) mass is 255 g/mol. The maximum Gasteiger partial charge on any atom is 0.271 e. The lowest BCUT2D eigenvalue weighted by atomic mass is 10.2. The Bertz CT molecular complexity index is 606. The van der Waals surface area contributed by atoms with Crippen molar-refractivity contribution >= 4 is 17.8 Å². The van der Waals surface area contributed by atoms with E-state index < -0.39 is 0 Å². The van der Waals surface area contributed by atoms with Crippen LogP contribution in [-0.4, -0.2) is 17.2 Å². The highest BCUT2D eigenvalue weighted by atomic mass is 16.3. The fourth-order valence-electron chi connectivity index (χ4n) is 1.47. The quantitative estimate of drug-likeness (QED) is 0.443. The van der Waals surface area contributed by atoms with E-state index in [0.29, 0.717) is 16.8 Å². The standard InChI is InChI=1S/C14H13N3O2/c15-12-6-4-11(5-7-12)14(19)17-16-9-10-2-1-3-13(18)8-10/h1-9,18H,15H2,(H,17,19)/b16-9+. The summed E-state index contributed by atoms with van der Waals surface area (Å²) in [5.41, 5.74) is 9.69. The van der Waals surface area contributed by atoms with E-state index in [1.807, 2.05) is 0 Å². The summed E-state index contributed by atoms with van der Waals surface area (Å²) in [5, 5.41) is 13.1. The van der Waals surface area contributed by atoms with E-state index in [2.05, 4.69) is 10.5 Å². The summed E-state index contributed by atoms with van der Waals surface area (Å²) >= 11 is 0. The van der Waals surface area contributed by atoms with Crippen LogP contribution in [0.3, 0.4) is 0 Å². The van der Waals surface area contributed by atoms with E-state index >= 15 is 0 Å². The maximum atomic E-state index is 11.7. The number of carbonyl (C=O) groups excluding carboxylic acids is 1. The van der Waals surface area contributed by atoms with Gasteiger partial charge in [-0.2, -0.15) is 5.10 Å².